The Hall–Kier alpha value is -3.10. The number of hydrogen-bond donors (Lipinski definition) is 1. The SMILES string of the molecule is Cc1ccc(OCC(=O)NCc2nnc3ccc(C(F)(F)F)cn23)c(C)c1. The molecule has 9 heteroatoms. The van der Waals surface area contributed by atoms with E-state index < -0.39 is 17.6 Å². The van der Waals surface area contributed by atoms with Crippen LogP contribution < -0.4 is 10.1 Å². The molecule has 0 aliphatic rings. The number of pyridine rings is 1. The molecule has 1 amide bonds. The van der Waals surface area contributed by atoms with Gasteiger partial charge >= 0.3 is 6.18 Å². The molecule has 0 aliphatic carbocycles. The summed E-state index contributed by atoms with van der Waals surface area (Å²) in [5, 5.41) is 10.2. The van der Waals surface area contributed by atoms with E-state index in [1.807, 2.05) is 26.0 Å². The molecule has 1 N–H and O–H groups in total. The number of rotatable bonds is 5. The molecule has 0 spiro atoms. The summed E-state index contributed by atoms with van der Waals surface area (Å²) >= 11 is 0. The summed E-state index contributed by atoms with van der Waals surface area (Å²) in [6.07, 6.45) is -3.57. The molecule has 0 saturated carbocycles. The molecule has 0 unspecified atom stereocenters. The standard InChI is InChI=1S/C18H17F3N4O2/c1-11-3-5-14(12(2)7-11)27-10-17(26)22-8-16-24-23-15-6-4-13(9-25(15)16)18(19,20)21/h3-7,9H,8,10H2,1-2H3,(H,22,26). The fraction of sp³-hybridized carbons (Fsp3) is 0.278. The van der Waals surface area contributed by atoms with E-state index in [0.717, 1.165) is 23.4 Å². The van der Waals surface area contributed by atoms with Crippen molar-refractivity contribution in [2.24, 2.45) is 0 Å². The van der Waals surface area contributed by atoms with Crippen LogP contribution in [0, 0.1) is 13.8 Å². The maximum atomic E-state index is 12.8. The zero-order valence-corrected chi connectivity index (χ0v) is 14.7. The van der Waals surface area contributed by atoms with Crippen molar-refractivity contribution in [2.45, 2.75) is 26.6 Å². The first-order valence-electron chi connectivity index (χ1n) is 8.11. The number of halogens is 3. The van der Waals surface area contributed by atoms with Crippen LogP contribution in [0.15, 0.2) is 36.5 Å². The minimum Gasteiger partial charge on any atom is -0.484 e. The third-order valence-electron chi connectivity index (χ3n) is 3.93. The summed E-state index contributed by atoms with van der Waals surface area (Å²) in [5.74, 6) is 0.369. The number of carbonyl (C=O) groups is 1. The Morgan fingerprint density at radius 2 is 1.96 bits per heavy atom. The van der Waals surface area contributed by atoms with E-state index in [-0.39, 0.29) is 24.6 Å². The van der Waals surface area contributed by atoms with E-state index in [1.165, 1.54) is 10.5 Å². The van der Waals surface area contributed by atoms with Gasteiger partial charge < -0.3 is 10.1 Å². The molecule has 27 heavy (non-hydrogen) atoms. The Kier molecular flexibility index (Phi) is 5.02. The lowest BCUT2D eigenvalue weighted by Crippen LogP contribution is -2.29. The quantitative estimate of drug-likeness (QED) is 0.741. The van der Waals surface area contributed by atoms with Crippen molar-refractivity contribution in [3.05, 3.63) is 59.0 Å². The number of nitrogens with one attached hydrogen (secondary N) is 1. The van der Waals surface area contributed by atoms with Gasteiger partial charge in [0, 0.05) is 6.20 Å². The number of aromatic nitrogens is 3. The van der Waals surface area contributed by atoms with Crippen LogP contribution in [0.4, 0.5) is 13.2 Å². The predicted octanol–water partition coefficient (Wildman–Crippen LogP) is 3.06. The average Bonchev–Trinajstić information content (AvgIpc) is 3.00. The van der Waals surface area contributed by atoms with Gasteiger partial charge in [0.2, 0.25) is 0 Å². The highest BCUT2D eigenvalue weighted by atomic mass is 19.4. The maximum absolute atomic E-state index is 12.8. The second kappa shape index (κ2) is 7.26. The molecule has 0 saturated heterocycles. The van der Waals surface area contributed by atoms with Crippen LogP contribution in [0.5, 0.6) is 5.75 Å². The van der Waals surface area contributed by atoms with Crippen LogP contribution in [0.3, 0.4) is 0 Å². The molecule has 0 aliphatic heterocycles. The van der Waals surface area contributed by atoms with Gasteiger partial charge in [-0.2, -0.15) is 13.2 Å². The van der Waals surface area contributed by atoms with Gasteiger partial charge in [0.25, 0.3) is 5.91 Å². The monoisotopic (exact) mass is 378 g/mol. The third-order valence-corrected chi connectivity index (χ3v) is 3.93. The Morgan fingerprint density at radius 3 is 2.67 bits per heavy atom. The molecule has 3 rings (SSSR count). The first kappa shape index (κ1) is 18.7. The van der Waals surface area contributed by atoms with Crippen molar-refractivity contribution in [2.75, 3.05) is 6.61 Å². The fourth-order valence-corrected chi connectivity index (χ4v) is 2.56. The summed E-state index contributed by atoms with van der Waals surface area (Å²) in [6, 6.07) is 7.76. The van der Waals surface area contributed by atoms with Gasteiger partial charge in [-0.3, -0.25) is 9.20 Å². The van der Waals surface area contributed by atoms with Crippen LogP contribution in [-0.2, 0) is 17.5 Å². The van der Waals surface area contributed by atoms with Gasteiger partial charge in [-0.05, 0) is 37.6 Å². The minimum atomic E-state index is -4.47. The number of nitrogens with zero attached hydrogens (tertiary/aromatic N) is 3. The molecule has 6 nitrogen and oxygen atoms in total. The molecule has 0 bridgehead atoms. The maximum Gasteiger partial charge on any atom is 0.417 e. The van der Waals surface area contributed by atoms with Gasteiger partial charge in [0.05, 0.1) is 12.1 Å². The second-order valence-corrected chi connectivity index (χ2v) is 6.09. The number of fused-ring (bicyclic) bond motifs is 1. The zero-order chi connectivity index (χ0) is 19.6. The van der Waals surface area contributed by atoms with E-state index in [9.17, 15) is 18.0 Å². The highest BCUT2D eigenvalue weighted by molar-refractivity contribution is 5.77. The molecule has 3 aromatic rings. The van der Waals surface area contributed by atoms with E-state index >= 15 is 0 Å². The molecular formula is C18H17F3N4O2. The van der Waals surface area contributed by atoms with E-state index in [2.05, 4.69) is 15.5 Å². The van der Waals surface area contributed by atoms with Crippen molar-refractivity contribution in [3.8, 4) is 5.75 Å². The lowest BCUT2D eigenvalue weighted by molar-refractivity contribution is -0.137. The zero-order valence-electron chi connectivity index (χ0n) is 14.7. The Balaban J connectivity index is 1.63. The van der Waals surface area contributed by atoms with Crippen molar-refractivity contribution >= 4 is 11.6 Å². The van der Waals surface area contributed by atoms with Gasteiger partial charge in [-0.15, -0.1) is 10.2 Å². The first-order valence-corrected chi connectivity index (χ1v) is 8.11. The summed E-state index contributed by atoms with van der Waals surface area (Å²) in [4.78, 5) is 12.0. The van der Waals surface area contributed by atoms with Gasteiger partial charge in [0.15, 0.2) is 18.1 Å². The summed E-state index contributed by atoms with van der Waals surface area (Å²) in [7, 11) is 0. The molecule has 142 valence electrons. The summed E-state index contributed by atoms with van der Waals surface area (Å²) in [5.41, 5.74) is 1.44. The number of hydrogen-bond acceptors (Lipinski definition) is 4. The van der Waals surface area contributed by atoms with Crippen LogP contribution in [0.1, 0.15) is 22.5 Å². The summed E-state index contributed by atoms with van der Waals surface area (Å²) < 4.78 is 45.2. The Morgan fingerprint density at radius 1 is 1.19 bits per heavy atom. The van der Waals surface area contributed by atoms with Crippen LogP contribution in [-0.4, -0.2) is 27.1 Å². The highest BCUT2D eigenvalue weighted by Gasteiger charge is 2.31. The number of ether oxygens (including phenoxy) is 1. The predicted molar refractivity (Wildman–Crippen MR) is 91.2 cm³/mol. The van der Waals surface area contributed by atoms with E-state index in [4.69, 9.17) is 4.74 Å². The number of carbonyl (C=O) groups excluding carboxylic acids is 1. The Bertz CT molecular complexity index is 982. The lowest BCUT2D eigenvalue weighted by atomic mass is 10.1. The van der Waals surface area contributed by atoms with E-state index in [0.29, 0.717) is 5.75 Å². The van der Waals surface area contributed by atoms with Crippen molar-refractivity contribution in [3.63, 3.8) is 0 Å². The molecule has 0 fully saturated rings. The number of alkyl halides is 3. The van der Waals surface area contributed by atoms with Crippen LogP contribution >= 0.6 is 0 Å². The van der Waals surface area contributed by atoms with Crippen LogP contribution in [0.25, 0.3) is 5.65 Å². The highest BCUT2D eigenvalue weighted by Crippen LogP contribution is 2.29. The third kappa shape index (κ3) is 4.36. The average molecular weight is 378 g/mol. The normalized spacial score (nSPS) is 11.6. The smallest absolute Gasteiger partial charge is 0.417 e. The molecule has 0 atom stereocenters. The Labute approximate surface area is 153 Å². The number of amides is 1. The van der Waals surface area contributed by atoms with Crippen molar-refractivity contribution in [1.82, 2.24) is 19.9 Å². The first-order chi connectivity index (χ1) is 12.7. The van der Waals surface area contributed by atoms with Gasteiger partial charge in [0.1, 0.15) is 5.75 Å². The number of aryl methyl sites for hydroxylation is 2. The molecular weight excluding hydrogens is 361 g/mol. The van der Waals surface area contributed by atoms with Crippen molar-refractivity contribution < 1.29 is 22.7 Å². The van der Waals surface area contributed by atoms with Gasteiger partial charge in [-0.25, -0.2) is 0 Å². The minimum absolute atomic E-state index is 0.0719. The van der Waals surface area contributed by atoms with E-state index in [1.54, 1.807) is 6.07 Å². The van der Waals surface area contributed by atoms with Crippen molar-refractivity contribution in [1.29, 1.82) is 0 Å². The van der Waals surface area contributed by atoms with Gasteiger partial charge in [-0.1, -0.05) is 17.7 Å². The second-order valence-electron chi connectivity index (χ2n) is 6.09. The molecule has 0 radical (unpaired) electrons. The fourth-order valence-electron chi connectivity index (χ4n) is 2.56. The molecule has 2 heterocycles. The largest absolute Gasteiger partial charge is 0.484 e. The van der Waals surface area contributed by atoms with Crippen LogP contribution in [0.2, 0.25) is 0 Å². The molecule has 1 aromatic carbocycles. The summed E-state index contributed by atoms with van der Waals surface area (Å²) in [6.45, 7) is 3.55. The topological polar surface area (TPSA) is 68.5 Å². The lowest BCUT2D eigenvalue weighted by Gasteiger charge is -2.10. The molecule has 2 aromatic heterocycles. The number of benzene rings is 1.